The molecule has 30 heavy (non-hydrogen) atoms. The van der Waals surface area contributed by atoms with E-state index in [0.29, 0.717) is 24.6 Å². The van der Waals surface area contributed by atoms with Gasteiger partial charge in [0.05, 0.1) is 19.2 Å². The summed E-state index contributed by atoms with van der Waals surface area (Å²) in [6, 6.07) is 9.67. The first-order valence-corrected chi connectivity index (χ1v) is 11.5. The smallest absolute Gasteiger partial charge is 0.251 e. The van der Waals surface area contributed by atoms with Crippen LogP contribution >= 0.6 is 11.6 Å². The summed E-state index contributed by atoms with van der Waals surface area (Å²) in [5.41, 5.74) is 0.956. The van der Waals surface area contributed by atoms with Gasteiger partial charge in [-0.3, -0.25) is 4.79 Å². The summed E-state index contributed by atoms with van der Waals surface area (Å²) in [5, 5.41) is 2.90. The van der Waals surface area contributed by atoms with Gasteiger partial charge in [0.15, 0.2) is 11.5 Å². The van der Waals surface area contributed by atoms with Crippen molar-refractivity contribution in [1.82, 2.24) is 9.62 Å². The van der Waals surface area contributed by atoms with E-state index in [-0.39, 0.29) is 22.0 Å². The quantitative estimate of drug-likeness (QED) is 0.695. The van der Waals surface area contributed by atoms with Crippen LogP contribution in [0.1, 0.15) is 35.2 Å². The van der Waals surface area contributed by atoms with E-state index in [1.54, 1.807) is 12.1 Å². The highest BCUT2D eigenvalue weighted by molar-refractivity contribution is 7.89. The molecule has 0 spiro atoms. The molecule has 2 aromatic rings. The number of piperidine rings is 1. The second-order valence-electron chi connectivity index (χ2n) is 6.95. The lowest BCUT2D eigenvalue weighted by atomic mass is 10.1. The van der Waals surface area contributed by atoms with Crippen LogP contribution in [0.2, 0.25) is 5.02 Å². The molecule has 1 saturated heterocycles. The van der Waals surface area contributed by atoms with Crippen LogP contribution in [0, 0.1) is 0 Å². The molecule has 0 radical (unpaired) electrons. The van der Waals surface area contributed by atoms with Crippen molar-refractivity contribution in [1.29, 1.82) is 0 Å². The number of nitrogens with one attached hydrogen (secondary N) is 1. The van der Waals surface area contributed by atoms with Crippen molar-refractivity contribution in [3.63, 3.8) is 0 Å². The molecule has 1 fully saturated rings. The van der Waals surface area contributed by atoms with E-state index in [2.05, 4.69) is 5.32 Å². The number of methoxy groups -OCH3 is 2. The Hall–Kier alpha value is -2.29. The SMILES string of the molecule is COc1cccc(CNC(=O)c2ccc(Cl)c(S(=O)(=O)N3CCCCC3)c2)c1OC. The number of hydrogen-bond donors (Lipinski definition) is 1. The minimum absolute atomic E-state index is 0.0438. The van der Waals surface area contributed by atoms with Crippen molar-refractivity contribution in [2.24, 2.45) is 0 Å². The summed E-state index contributed by atoms with van der Waals surface area (Å²) >= 11 is 6.18. The molecular weight excluding hydrogens is 428 g/mol. The summed E-state index contributed by atoms with van der Waals surface area (Å²) in [6.45, 7) is 1.12. The van der Waals surface area contributed by atoms with E-state index in [1.165, 1.54) is 36.7 Å². The van der Waals surface area contributed by atoms with Crippen molar-refractivity contribution < 1.29 is 22.7 Å². The molecule has 0 atom stereocenters. The number of carbonyl (C=O) groups is 1. The molecule has 1 heterocycles. The number of nitrogens with zero attached hydrogens (tertiary/aromatic N) is 1. The number of amides is 1. The van der Waals surface area contributed by atoms with Gasteiger partial charge in [-0.15, -0.1) is 0 Å². The predicted molar refractivity (Wildman–Crippen MR) is 115 cm³/mol. The second-order valence-corrected chi connectivity index (χ2v) is 9.26. The third-order valence-electron chi connectivity index (χ3n) is 5.05. The normalized spacial score (nSPS) is 14.9. The van der Waals surface area contributed by atoms with E-state index in [1.807, 2.05) is 6.07 Å². The molecule has 0 aromatic heterocycles. The maximum absolute atomic E-state index is 13.0. The number of para-hydroxylation sites is 1. The number of ether oxygens (including phenoxy) is 2. The van der Waals surface area contributed by atoms with E-state index < -0.39 is 15.9 Å². The number of carbonyl (C=O) groups excluding carboxylic acids is 1. The van der Waals surface area contributed by atoms with Gasteiger partial charge in [-0.1, -0.05) is 30.2 Å². The Bertz CT molecular complexity index is 1020. The van der Waals surface area contributed by atoms with E-state index in [0.717, 1.165) is 24.8 Å². The van der Waals surface area contributed by atoms with Crippen LogP contribution in [0.25, 0.3) is 0 Å². The number of halogens is 1. The highest BCUT2D eigenvalue weighted by atomic mass is 35.5. The Morgan fingerprint density at radius 2 is 1.83 bits per heavy atom. The van der Waals surface area contributed by atoms with Gasteiger partial charge in [-0.2, -0.15) is 4.31 Å². The first-order chi connectivity index (χ1) is 14.4. The zero-order valence-corrected chi connectivity index (χ0v) is 18.6. The average Bonchev–Trinajstić information content (AvgIpc) is 2.77. The lowest BCUT2D eigenvalue weighted by Gasteiger charge is -2.26. The molecule has 162 valence electrons. The minimum atomic E-state index is -3.75. The monoisotopic (exact) mass is 452 g/mol. The molecule has 1 aliphatic rings. The van der Waals surface area contributed by atoms with Crippen LogP contribution in [0.4, 0.5) is 0 Å². The molecule has 9 heteroatoms. The van der Waals surface area contributed by atoms with Crippen molar-refractivity contribution in [2.75, 3.05) is 27.3 Å². The average molecular weight is 453 g/mol. The maximum atomic E-state index is 13.0. The van der Waals surface area contributed by atoms with Gasteiger partial charge in [0.2, 0.25) is 10.0 Å². The van der Waals surface area contributed by atoms with Crippen molar-refractivity contribution in [3.05, 3.63) is 52.5 Å². The predicted octanol–water partition coefficient (Wildman–Crippen LogP) is 3.46. The zero-order chi connectivity index (χ0) is 21.7. The van der Waals surface area contributed by atoms with E-state index >= 15 is 0 Å². The third-order valence-corrected chi connectivity index (χ3v) is 7.43. The first kappa shape index (κ1) is 22.4. The lowest BCUT2D eigenvalue weighted by Crippen LogP contribution is -2.36. The van der Waals surface area contributed by atoms with Gasteiger partial charge in [-0.05, 0) is 37.1 Å². The van der Waals surface area contributed by atoms with Crippen molar-refractivity contribution in [2.45, 2.75) is 30.7 Å². The molecule has 1 aliphatic heterocycles. The van der Waals surface area contributed by atoms with Crippen LogP contribution in [0.15, 0.2) is 41.3 Å². The minimum Gasteiger partial charge on any atom is -0.493 e. The molecule has 0 saturated carbocycles. The maximum Gasteiger partial charge on any atom is 0.251 e. The van der Waals surface area contributed by atoms with Crippen LogP contribution in [-0.2, 0) is 16.6 Å². The number of sulfonamides is 1. The fraction of sp³-hybridized carbons (Fsp3) is 0.381. The van der Waals surface area contributed by atoms with Gasteiger partial charge in [0.25, 0.3) is 5.91 Å². The van der Waals surface area contributed by atoms with Crippen molar-refractivity contribution >= 4 is 27.5 Å². The van der Waals surface area contributed by atoms with Gasteiger partial charge < -0.3 is 14.8 Å². The highest BCUT2D eigenvalue weighted by Crippen LogP contribution is 2.31. The Morgan fingerprint density at radius 3 is 2.50 bits per heavy atom. The summed E-state index contributed by atoms with van der Waals surface area (Å²) < 4.78 is 38.1. The standard InChI is InChI=1S/C21H25ClN2O5S/c1-28-18-8-6-7-16(20(18)29-2)14-23-21(25)15-9-10-17(22)19(13-15)30(26,27)24-11-4-3-5-12-24/h6-10,13H,3-5,11-12,14H2,1-2H3,(H,23,25). The molecular formula is C21H25ClN2O5S. The molecule has 0 bridgehead atoms. The number of hydrogen-bond acceptors (Lipinski definition) is 5. The molecule has 0 unspecified atom stereocenters. The Labute approximate surface area is 182 Å². The summed E-state index contributed by atoms with van der Waals surface area (Å²) in [5.74, 6) is 0.682. The molecule has 2 aromatic carbocycles. The zero-order valence-electron chi connectivity index (χ0n) is 17.0. The van der Waals surface area contributed by atoms with Crippen LogP contribution in [0.5, 0.6) is 11.5 Å². The number of benzene rings is 2. The molecule has 7 nitrogen and oxygen atoms in total. The fourth-order valence-corrected chi connectivity index (χ4v) is 5.47. The largest absolute Gasteiger partial charge is 0.493 e. The Kier molecular flexibility index (Phi) is 7.23. The molecule has 1 N–H and O–H groups in total. The first-order valence-electron chi connectivity index (χ1n) is 9.66. The topological polar surface area (TPSA) is 84.9 Å². The van der Waals surface area contributed by atoms with Crippen LogP contribution in [0.3, 0.4) is 0 Å². The summed E-state index contributed by atoms with van der Waals surface area (Å²) in [4.78, 5) is 12.7. The summed E-state index contributed by atoms with van der Waals surface area (Å²) in [6.07, 6.45) is 2.65. The van der Waals surface area contributed by atoms with Crippen LogP contribution < -0.4 is 14.8 Å². The lowest BCUT2D eigenvalue weighted by molar-refractivity contribution is 0.0950. The molecule has 1 amide bonds. The summed E-state index contributed by atoms with van der Waals surface area (Å²) in [7, 11) is -0.683. The van der Waals surface area contributed by atoms with Gasteiger partial charge >= 0.3 is 0 Å². The fourth-order valence-electron chi connectivity index (χ4n) is 3.46. The molecule has 3 rings (SSSR count). The Morgan fingerprint density at radius 1 is 1.10 bits per heavy atom. The van der Waals surface area contributed by atoms with Crippen LogP contribution in [-0.4, -0.2) is 45.9 Å². The third kappa shape index (κ3) is 4.71. The van der Waals surface area contributed by atoms with Gasteiger partial charge in [0.1, 0.15) is 4.90 Å². The molecule has 0 aliphatic carbocycles. The van der Waals surface area contributed by atoms with Gasteiger partial charge in [-0.25, -0.2) is 8.42 Å². The van der Waals surface area contributed by atoms with Crippen molar-refractivity contribution in [3.8, 4) is 11.5 Å². The second kappa shape index (κ2) is 9.68. The van der Waals surface area contributed by atoms with E-state index in [9.17, 15) is 13.2 Å². The Balaban J connectivity index is 1.80. The van der Waals surface area contributed by atoms with Gasteiger partial charge in [0, 0.05) is 30.8 Å². The highest BCUT2D eigenvalue weighted by Gasteiger charge is 2.28. The number of rotatable bonds is 7. The van der Waals surface area contributed by atoms with E-state index in [4.69, 9.17) is 21.1 Å².